The molecule has 0 spiro atoms. The van der Waals surface area contributed by atoms with E-state index in [1.807, 2.05) is 11.8 Å². The Morgan fingerprint density at radius 2 is 2.47 bits per heavy atom. The maximum Gasteiger partial charge on any atom is 0.239 e. The Bertz CT molecular complexity index is 342. The Balaban J connectivity index is 2.11. The predicted octanol–water partition coefficient (Wildman–Crippen LogP) is 1.33. The molecule has 1 unspecified atom stereocenters. The van der Waals surface area contributed by atoms with E-state index in [1.54, 1.807) is 0 Å². The van der Waals surface area contributed by atoms with Crippen molar-refractivity contribution in [3.05, 3.63) is 11.2 Å². The Hall–Kier alpha value is -0.720. The van der Waals surface area contributed by atoms with Crippen LogP contribution in [0.2, 0.25) is 5.02 Å². The number of nitrogens with two attached hydrogens (primary N) is 1. The standard InChI is InChI=1S/C8H12ClN5S/c9-6-3-11-8(14-10)13-7(6)12-5-1-2-15-4-5/h3,5H,1-2,4,10H2,(H2,11,12,13,14). The van der Waals surface area contributed by atoms with Gasteiger partial charge in [-0.3, -0.25) is 5.43 Å². The van der Waals surface area contributed by atoms with Crippen LogP contribution in [-0.2, 0) is 0 Å². The second-order valence-electron chi connectivity index (χ2n) is 3.24. The molecule has 1 aliphatic heterocycles. The number of hydrogen-bond acceptors (Lipinski definition) is 6. The van der Waals surface area contributed by atoms with Gasteiger partial charge < -0.3 is 5.32 Å². The second-order valence-corrected chi connectivity index (χ2v) is 4.80. The van der Waals surface area contributed by atoms with Crippen molar-refractivity contribution in [2.45, 2.75) is 12.5 Å². The van der Waals surface area contributed by atoms with Crippen molar-refractivity contribution in [3.63, 3.8) is 0 Å². The number of thioether (sulfide) groups is 1. The molecule has 2 rings (SSSR count). The van der Waals surface area contributed by atoms with Gasteiger partial charge in [0.2, 0.25) is 5.95 Å². The summed E-state index contributed by atoms with van der Waals surface area (Å²) in [5, 5.41) is 3.80. The van der Waals surface area contributed by atoms with Crippen LogP contribution in [0, 0.1) is 0 Å². The fraction of sp³-hybridized carbons (Fsp3) is 0.500. The first-order valence-corrected chi connectivity index (χ1v) is 6.16. The summed E-state index contributed by atoms with van der Waals surface area (Å²) in [6.07, 6.45) is 2.67. The quantitative estimate of drug-likeness (QED) is 0.551. The monoisotopic (exact) mass is 245 g/mol. The van der Waals surface area contributed by atoms with Crippen molar-refractivity contribution in [2.24, 2.45) is 5.84 Å². The Morgan fingerprint density at radius 3 is 3.13 bits per heavy atom. The predicted molar refractivity (Wildman–Crippen MR) is 64.2 cm³/mol. The van der Waals surface area contributed by atoms with Gasteiger partial charge >= 0.3 is 0 Å². The minimum absolute atomic E-state index is 0.368. The summed E-state index contributed by atoms with van der Waals surface area (Å²) < 4.78 is 0. The second kappa shape index (κ2) is 4.87. The van der Waals surface area contributed by atoms with Crippen LogP contribution < -0.4 is 16.6 Å². The summed E-state index contributed by atoms with van der Waals surface area (Å²) >= 11 is 7.90. The van der Waals surface area contributed by atoms with Gasteiger partial charge in [-0.15, -0.1) is 0 Å². The Morgan fingerprint density at radius 1 is 1.60 bits per heavy atom. The number of aromatic nitrogens is 2. The van der Waals surface area contributed by atoms with Crippen molar-refractivity contribution in [1.29, 1.82) is 0 Å². The maximum absolute atomic E-state index is 5.97. The fourth-order valence-electron chi connectivity index (χ4n) is 1.38. The molecule has 1 atom stereocenters. The third kappa shape index (κ3) is 2.64. The molecule has 1 aliphatic rings. The smallest absolute Gasteiger partial charge is 0.239 e. The zero-order valence-corrected chi connectivity index (χ0v) is 9.61. The zero-order valence-electron chi connectivity index (χ0n) is 8.03. The topological polar surface area (TPSA) is 75.9 Å². The Labute approximate surface area is 97.2 Å². The van der Waals surface area contributed by atoms with E-state index in [2.05, 4.69) is 20.7 Å². The van der Waals surface area contributed by atoms with Gasteiger partial charge in [-0.1, -0.05) is 11.6 Å². The van der Waals surface area contributed by atoms with Gasteiger partial charge in [-0.2, -0.15) is 16.7 Å². The molecule has 0 radical (unpaired) electrons. The maximum atomic E-state index is 5.97. The number of nitrogen functional groups attached to an aromatic ring is 1. The van der Waals surface area contributed by atoms with Crippen LogP contribution in [0.1, 0.15) is 6.42 Å². The van der Waals surface area contributed by atoms with Crippen molar-refractivity contribution in [3.8, 4) is 0 Å². The van der Waals surface area contributed by atoms with Gasteiger partial charge in [-0.25, -0.2) is 10.8 Å². The van der Waals surface area contributed by atoms with E-state index in [-0.39, 0.29) is 0 Å². The summed E-state index contributed by atoms with van der Waals surface area (Å²) in [5.41, 5.74) is 2.39. The third-order valence-corrected chi connectivity index (χ3v) is 3.58. The largest absolute Gasteiger partial charge is 0.365 e. The molecule has 1 fully saturated rings. The first-order chi connectivity index (χ1) is 7.29. The number of rotatable bonds is 3. The van der Waals surface area contributed by atoms with Gasteiger partial charge in [0.05, 0.1) is 6.20 Å². The molecule has 7 heteroatoms. The van der Waals surface area contributed by atoms with Crippen molar-refractivity contribution >= 4 is 35.1 Å². The van der Waals surface area contributed by atoms with E-state index in [4.69, 9.17) is 17.4 Å². The summed E-state index contributed by atoms with van der Waals surface area (Å²) in [7, 11) is 0. The minimum atomic E-state index is 0.368. The molecule has 0 aromatic carbocycles. The SMILES string of the molecule is NNc1ncc(Cl)c(NC2CCSC2)n1. The first kappa shape index (κ1) is 10.8. The van der Waals surface area contributed by atoms with Crippen LogP contribution in [0.15, 0.2) is 6.20 Å². The third-order valence-electron chi connectivity index (χ3n) is 2.14. The van der Waals surface area contributed by atoms with E-state index >= 15 is 0 Å². The lowest BCUT2D eigenvalue weighted by molar-refractivity contribution is 0.806. The molecule has 2 heterocycles. The number of hydrazine groups is 1. The fourth-order valence-corrected chi connectivity index (χ4v) is 2.68. The van der Waals surface area contributed by atoms with Gasteiger partial charge in [0.25, 0.3) is 0 Å². The molecular weight excluding hydrogens is 234 g/mol. The van der Waals surface area contributed by atoms with Crippen LogP contribution in [-0.4, -0.2) is 27.5 Å². The number of anilines is 2. The average molecular weight is 246 g/mol. The lowest BCUT2D eigenvalue weighted by Crippen LogP contribution is -2.20. The Kier molecular flexibility index (Phi) is 3.50. The highest BCUT2D eigenvalue weighted by molar-refractivity contribution is 7.99. The lowest BCUT2D eigenvalue weighted by atomic mass is 10.2. The molecular formula is C8H12ClN5S. The van der Waals surface area contributed by atoms with Gasteiger partial charge in [0, 0.05) is 11.8 Å². The normalized spacial score (nSPS) is 20.3. The van der Waals surface area contributed by atoms with Gasteiger partial charge in [0.15, 0.2) is 5.82 Å². The number of nitrogens with one attached hydrogen (secondary N) is 2. The van der Waals surface area contributed by atoms with Gasteiger partial charge in [0.1, 0.15) is 5.02 Å². The molecule has 0 bridgehead atoms. The highest BCUT2D eigenvalue weighted by Gasteiger charge is 2.17. The molecule has 0 aliphatic carbocycles. The van der Waals surface area contributed by atoms with E-state index < -0.39 is 0 Å². The molecule has 15 heavy (non-hydrogen) atoms. The van der Waals surface area contributed by atoms with Crippen LogP contribution in [0.4, 0.5) is 11.8 Å². The zero-order chi connectivity index (χ0) is 10.7. The van der Waals surface area contributed by atoms with Crippen LogP contribution in [0.5, 0.6) is 0 Å². The van der Waals surface area contributed by atoms with E-state index in [0.29, 0.717) is 22.8 Å². The van der Waals surface area contributed by atoms with Crippen LogP contribution in [0.25, 0.3) is 0 Å². The lowest BCUT2D eigenvalue weighted by Gasteiger charge is -2.13. The van der Waals surface area contributed by atoms with E-state index in [1.165, 1.54) is 11.9 Å². The number of nitrogens with zero attached hydrogens (tertiary/aromatic N) is 2. The van der Waals surface area contributed by atoms with E-state index in [9.17, 15) is 0 Å². The molecule has 1 aromatic rings. The minimum Gasteiger partial charge on any atom is -0.365 e. The summed E-state index contributed by atoms with van der Waals surface area (Å²) in [6, 6.07) is 0.438. The summed E-state index contributed by atoms with van der Waals surface area (Å²) in [6.45, 7) is 0. The molecule has 4 N–H and O–H groups in total. The number of halogens is 1. The molecule has 5 nitrogen and oxygen atoms in total. The van der Waals surface area contributed by atoms with Crippen molar-refractivity contribution in [1.82, 2.24) is 9.97 Å². The number of hydrogen-bond donors (Lipinski definition) is 3. The van der Waals surface area contributed by atoms with Gasteiger partial charge in [-0.05, 0) is 12.2 Å². The molecule has 1 aromatic heterocycles. The molecule has 82 valence electrons. The van der Waals surface area contributed by atoms with E-state index in [0.717, 1.165) is 12.2 Å². The summed E-state index contributed by atoms with van der Waals surface area (Å²) in [5.74, 6) is 8.51. The highest BCUT2D eigenvalue weighted by Crippen LogP contribution is 2.24. The first-order valence-electron chi connectivity index (χ1n) is 4.63. The van der Waals surface area contributed by atoms with Crippen molar-refractivity contribution < 1.29 is 0 Å². The average Bonchev–Trinajstić information content (AvgIpc) is 2.74. The van der Waals surface area contributed by atoms with Crippen molar-refractivity contribution in [2.75, 3.05) is 22.2 Å². The molecule has 0 amide bonds. The highest BCUT2D eigenvalue weighted by atomic mass is 35.5. The van der Waals surface area contributed by atoms with Crippen LogP contribution >= 0.6 is 23.4 Å². The molecule has 1 saturated heterocycles. The molecule has 0 saturated carbocycles. The summed E-state index contributed by atoms with van der Waals surface area (Å²) in [4.78, 5) is 8.06. The van der Waals surface area contributed by atoms with Crippen LogP contribution in [0.3, 0.4) is 0 Å².